The molecule has 0 fully saturated rings. The van der Waals surface area contributed by atoms with Crippen LogP contribution in [0.3, 0.4) is 0 Å². The van der Waals surface area contributed by atoms with Gasteiger partial charge in [-0.2, -0.15) is 18.4 Å². The van der Waals surface area contributed by atoms with Crippen molar-refractivity contribution in [3.8, 4) is 6.07 Å². The Bertz CT molecular complexity index is 861. The van der Waals surface area contributed by atoms with Gasteiger partial charge in [0.1, 0.15) is 11.6 Å². The number of aromatic nitrogens is 1. The maximum Gasteiger partial charge on any atom is 0.416 e. The molecule has 1 aromatic heterocycles. The fraction of sp³-hybridized carbons (Fsp3) is 0.188. The molecule has 0 saturated heterocycles. The molecule has 0 atom stereocenters. The third-order valence-electron chi connectivity index (χ3n) is 3.31. The summed E-state index contributed by atoms with van der Waals surface area (Å²) in [4.78, 5) is 24.1. The van der Waals surface area contributed by atoms with Gasteiger partial charge in [0, 0.05) is 11.8 Å². The minimum Gasteiger partial charge on any atom is -0.307 e. The third-order valence-corrected chi connectivity index (χ3v) is 3.31. The van der Waals surface area contributed by atoms with Gasteiger partial charge in [0.05, 0.1) is 12.1 Å². The number of Topliss-reactive ketones (excluding diaryl/α,β-unsaturated/α-hetero) is 1. The molecule has 0 saturated carbocycles. The lowest BCUT2D eigenvalue weighted by molar-refractivity contribution is -0.137. The van der Waals surface area contributed by atoms with Gasteiger partial charge in [-0.15, -0.1) is 0 Å². The third kappa shape index (κ3) is 3.48. The number of halogens is 3. The number of pyridine rings is 1. The van der Waals surface area contributed by atoms with Crippen molar-refractivity contribution in [3.05, 3.63) is 69.1 Å². The smallest absolute Gasteiger partial charge is 0.307 e. The average Bonchev–Trinajstić information content (AvgIpc) is 2.50. The number of aryl methyl sites for hydroxylation is 1. The van der Waals surface area contributed by atoms with Crippen molar-refractivity contribution in [2.75, 3.05) is 0 Å². The van der Waals surface area contributed by atoms with Crippen molar-refractivity contribution in [1.29, 1.82) is 5.26 Å². The Balaban J connectivity index is 2.34. The van der Waals surface area contributed by atoms with E-state index in [4.69, 9.17) is 5.26 Å². The van der Waals surface area contributed by atoms with Gasteiger partial charge in [0.15, 0.2) is 5.78 Å². The van der Waals surface area contributed by atoms with E-state index in [1.165, 1.54) is 18.3 Å². The molecule has 1 aromatic carbocycles. The number of hydrogen-bond acceptors (Lipinski definition) is 3. The van der Waals surface area contributed by atoms with Crippen molar-refractivity contribution in [2.45, 2.75) is 19.6 Å². The molecule has 0 N–H and O–H groups in total. The van der Waals surface area contributed by atoms with Gasteiger partial charge >= 0.3 is 6.18 Å². The van der Waals surface area contributed by atoms with Crippen LogP contribution in [-0.4, -0.2) is 10.4 Å². The molecule has 0 radical (unpaired) electrons. The molecule has 0 aliphatic rings. The monoisotopic (exact) mass is 320 g/mol. The van der Waals surface area contributed by atoms with Crippen LogP contribution in [0.4, 0.5) is 13.2 Å². The van der Waals surface area contributed by atoms with E-state index < -0.39 is 29.6 Å². The predicted molar refractivity (Wildman–Crippen MR) is 75.9 cm³/mol. The van der Waals surface area contributed by atoms with E-state index in [1.807, 2.05) is 0 Å². The first kappa shape index (κ1) is 16.5. The highest BCUT2D eigenvalue weighted by molar-refractivity contribution is 5.96. The Hall–Kier alpha value is -2.88. The van der Waals surface area contributed by atoms with Crippen LogP contribution in [0, 0.1) is 18.3 Å². The van der Waals surface area contributed by atoms with Gasteiger partial charge in [-0.1, -0.05) is 12.1 Å². The zero-order chi connectivity index (χ0) is 17.2. The molecule has 0 bridgehead atoms. The summed E-state index contributed by atoms with van der Waals surface area (Å²) >= 11 is 0. The van der Waals surface area contributed by atoms with E-state index in [2.05, 4.69) is 0 Å². The molecule has 2 rings (SSSR count). The SMILES string of the molecule is Cc1ccn(CC(=O)c2cccc(C(F)(F)F)c2)c(=O)c1C#N. The van der Waals surface area contributed by atoms with Crippen LogP contribution < -0.4 is 5.56 Å². The lowest BCUT2D eigenvalue weighted by Gasteiger charge is -2.09. The number of nitriles is 1. The van der Waals surface area contributed by atoms with Crippen molar-refractivity contribution in [1.82, 2.24) is 4.57 Å². The van der Waals surface area contributed by atoms with E-state index in [-0.39, 0.29) is 11.1 Å². The Morgan fingerprint density at radius 3 is 2.61 bits per heavy atom. The first-order valence-corrected chi connectivity index (χ1v) is 6.54. The van der Waals surface area contributed by atoms with Crippen molar-refractivity contribution in [2.24, 2.45) is 0 Å². The first-order chi connectivity index (χ1) is 10.7. The molecule has 0 amide bonds. The van der Waals surface area contributed by atoms with E-state index in [0.29, 0.717) is 5.56 Å². The van der Waals surface area contributed by atoms with E-state index in [0.717, 1.165) is 22.8 Å². The summed E-state index contributed by atoms with van der Waals surface area (Å²) in [5.41, 5.74) is -1.35. The number of hydrogen-bond donors (Lipinski definition) is 0. The fourth-order valence-corrected chi connectivity index (χ4v) is 2.04. The average molecular weight is 320 g/mol. The van der Waals surface area contributed by atoms with E-state index >= 15 is 0 Å². The summed E-state index contributed by atoms with van der Waals surface area (Å²) in [6.45, 7) is 1.15. The molecule has 1 heterocycles. The first-order valence-electron chi connectivity index (χ1n) is 6.54. The molecule has 2 aromatic rings. The largest absolute Gasteiger partial charge is 0.416 e. The highest BCUT2D eigenvalue weighted by Gasteiger charge is 2.30. The minimum absolute atomic E-state index is 0.0932. The van der Waals surface area contributed by atoms with E-state index in [9.17, 15) is 22.8 Å². The summed E-state index contributed by atoms with van der Waals surface area (Å²) in [7, 11) is 0. The molecule has 0 unspecified atom stereocenters. The zero-order valence-electron chi connectivity index (χ0n) is 12.0. The number of carbonyl (C=O) groups excluding carboxylic acids is 1. The van der Waals surface area contributed by atoms with Crippen molar-refractivity contribution < 1.29 is 18.0 Å². The van der Waals surface area contributed by atoms with Gasteiger partial charge in [-0.3, -0.25) is 9.59 Å². The van der Waals surface area contributed by atoms with Gasteiger partial charge in [-0.25, -0.2) is 0 Å². The maximum atomic E-state index is 12.7. The number of carbonyl (C=O) groups is 1. The fourth-order valence-electron chi connectivity index (χ4n) is 2.04. The summed E-state index contributed by atoms with van der Waals surface area (Å²) in [6.07, 6.45) is -3.21. The summed E-state index contributed by atoms with van der Waals surface area (Å²) in [6, 6.07) is 7.24. The number of ketones is 1. The second-order valence-electron chi connectivity index (χ2n) is 4.92. The van der Waals surface area contributed by atoms with Gasteiger partial charge in [-0.05, 0) is 30.7 Å². The number of rotatable bonds is 3. The van der Waals surface area contributed by atoms with Crippen LogP contribution >= 0.6 is 0 Å². The highest BCUT2D eigenvalue weighted by Crippen LogP contribution is 2.29. The Morgan fingerprint density at radius 2 is 2.00 bits per heavy atom. The second kappa shape index (κ2) is 6.08. The molecular weight excluding hydrogens is 309 g/mol. The quantitative estimate of drug-likeness (QED) is 0.817. The Labute approximate surface area is 129 Å². The standard InChI is InChI=1S/C16H11F3N2O2/c1-10-5-6-21(15(23)13(10)8-20)9-14(22)11-3-2-4-12(7-11)16(17,18)19/h2-7H,9H2,1H3. The molecule has 4 nitrogen and oxygen atoms in total. The Kier molecular flexibility index (Phi) is 4.36. The number of benzene rings is 1. The van der Waals surface area contributed by atoms with Gasteiger partial charge in [0.25, 0.3) is 5.56 Å². The van der Waals surface area contributed by atoms with Crippen molar-refractivity contribution >= 4 is 5.78 Å². The van der Waals surface area contributed by atoms with Crippen LogP contribution in [0.5, 0.6) is 0 Å². The Morgan fingerprint density at radius 1 is 1.30 bits per heavy atom. The van der Waals surface area contributed by atoms with Gasteiger partial charge < -0.3 is 4.57 Å². The molecule has 7 heteroatoms. The van der Waals surface area contributed by atoms with Gasteiger partial charge in [0.2, 0.25) is 0 Å². The summed E-state index contributed by atoms with van der Waals surface area (Å²) in [5.74, 6) is -0.647. The van der Waals surface area contributed by atoms with Crippen LogP contribution in [0.15, 0.2) is 41.3 Å². The molecule has 23 heavy (non-hydrogen) atoms. The summed E-state index contributed by atoms with van der Waals surface area (Å²) < 4.78 is 39.0. The number of nitrogens with zero attached hydrogens (tertiary/aromatic N) is 2. The van der Waals surface area contributed by atoms with Crippen LogP contribution in [-0.2, 0) is 12.7 Å². The second-order valence-corrected chi connectivity index (χ2v) is 4.92. The zero-order valence-corrected chi connectivity index (χ0v) is 12.0. The topological polar surface area (TPSA) is 62.9 Å². The maximum absolute atomic E-state index is 12.7. The normalized spacial score (nSPS) is 11.1. The lowest BCUT2D eigenvalue weighted by atomic mass is 10.1. The highest BCUT2D eigenvalue weighted by atomic mass is 19.4. The van der Waals surface area contributed by atoms with Crippen LogP contribution in [0.1, 0.15) is 27.0 Å². The van der Waals surface area contributed by atoms with Crippen LogP contribution in [0.25, 0.3) is 0 Å². The van der Waals surface area contributed by atoms with Crippen LogP contribution in [0.2, 0.25) is 0 Å². The summed E-state index contributed by atoms with van der Waals surface area (Å²) in [5, 5.41) is 8.93. The number of alkyl halides is 3. The lowest BCUT2D eigenvalue weighted by Crippen LogP contribution is -2.26. The minimum atomic E-state index is -4.55. The predicted octanol–water partition coefficient (Wildman–Crippen LogP) is 2.93. The molecule has 0 aliphatic carbocycles. The van der Waals surface area contributed by atoms with E-state index in [1.54, 1.807) is 13.0 Å². The molecule has 0 spiro atoms. The molecular formula is C16H11F3N2O2. The van der Waals surface area contributed by atoms with Crippen molar-refractivity contribution in [3.63, 3.8) is 0 Å². The molecule has 118 valence electrons. The molecule has 0 aliphatic heterocycles.